The van der Waals surface area contributed by atoms with Gasteiger partial charge in [-0.3, -0.25) is 4.79 Å². The lowest BCUT2D eigenvalue weighted by Gasteiger charge is -2.34. The number of fused-ring (bicyclic) bond motifs is 1. The minimum atomic E-state index is -0.326. The summed E-state index contributed by atoms with van der Waals surface area (Å²) >= 11 is 7.63. The average Bonchev–Trinajstić information content (AvgIpc) is 3.23. The molecule has 2 aliphatic heterocycles. The first-order valence-electron chi connectivity index (χ1n) is 8.03. The van der Waals surface area contributed by atoms with Crippen molar-refractivity contribution in [1.29, 1.82) is 0 Å². The van der Waals surface area contributed by atoms with E-state index >= 15 is 0 Å². The normalized spacial score (nSPS) is 22.4. The number of hydrogen-bond donors (Lipinski definition) is 0. The van der Waals surface area contributed by atoms with Gasteiger partial charge in [0.15, 0.2) is 6.29 Å². The van der Waals surface area contributed by atoms with Gasteiger partial charge in [0.05, 0.1) is 18.2 Å². The molecular weight excluding hydrogens is 353 g/mol. The van der Waals surface area contributed by atoms with E-state index in [0.717, 1.165) is 18.2 Å². The number of nitrogens with zero attached hydrogens (tertiary/aromatic N) is 1. The predicted octanol–water partition coefficient (Wildman–Crippen LogP) is 3.92. The van der Waals surface area contributed by atoms with E-state index < -0.39 is 0 Å². The Balaban J connectivity index is 1.57. The number of hydrogen-bond acceptors (Lipinski definition) is 4. The number of amides is 1. The summed E-state index contributed by atoms with van der Waals surface area (Å²) in [5.74, 6) is -0.229. The Morgan fingerprint density at radius 3 is 2.92 bits per heavy atom. The van der Waals surface area contributed by atoms with Crippen LogP contribution in [0.15, 0.2) is 18.2 Å². The number of likely N-dealkylation sites (tertiary alicyclic amines) is 1. The van der Waals surface area contributed by atoms with E-state index in [-0.39, 0.29) is 23.9 Å². The summed E-state index contributed by atoms with van der Waals surface area (Å²) in [4.78, 5) is 15.2. The molecule has 3 heterocycles. The number of piperidine rings is 1. The van der Waals surface area contributed by atoms with Gasteiger partial charge >= 0.3 is 0 Å². The Morgan fingerprint density at radius 2 is 2.12 bits per heavy atom. The van der Waals surface area contributed by atoms with Crippen LogP contribution in [0.3, 0.4) is 0 Å². The summed E-state index contributed by atoms with van der Waals surface area (Å²) in [6.45, 7) is 2.52. The first-order chi connectivity index (χ1) is 11.6. The highest BCUT2D eigenvalue weighted by molar-refractivity contribution is 7.21. The topological polar surface area (TPSA) is 38.8 Å². The van der Waals surface area contributed by atoms with Gasteiger partial charge in [-0.05, 0) is 31.0 Å². The second-order valence-corrected chi connectivity index (χ2v) is 7.58. The summed E-state index contributed by atoms with van der Waals surface area (Å²) in [7, 11) is 0. The number of thiophene rings is 1. The highest BCUT2D eigenvalue weighted by Crippen LogP contribution is 2.37. The number of carbonyl (C=O) groups is 1. The van der Waals surface area contributed by atoms with Crippen LogP contribution < -0.4 is 0 Å². The van der Waals surface area contributed by atoms with Crippen LogP contribution in [0, 0.1) is 11.7 Å². The largest absolute Gasteiger partial charge is 0.350 e. The molecule has 0 radical (unpaired) electrons. The summed E-state index contributed by atoms with van der Waals surface area (Å²) in [5, 5.41) is 1.14. The zero-order valence-corrected chi connectivity index (χ0v) is 14.5. The van der Waals surface area contributed by atoms with Gasteiger partial charge in [0.2, 0.25) is 0 Å². The molecule has 7 heteroatoms. The van der Waals surface area contributed by atoms with Crippen molar-refractivity contribution in [2.24, 2.45) is 5.92 Å². The van der Waals surface area contributed by atoms with Crippen molar-refractivity contribution >= 4 is 38.9 Å². The van der Waals surface area contributed by atoms with Crippen molar-refractivity contribution < 1.29 is 18.7 Å². The fourth-order valence-corrected chi connectivity index (χ4v) is 4.89. The van der Waals surface area contributed by atoms with Gasteiger partial charge in [-0.15, -0.1) is 11.3 Å². The van der Waals surface area contributed by atoms with Gasteiger partial charge in [0, 0.05) is 29.1 Å². The molecule has 128 valence electrons. The van der Waals surface area contributed by atoms with Crippen LogP contribution in [0.1, 0.15) is 22.5 Å². The lowest BCUT2D eigenvalue weighted by molar-refractivity contribution is -0.0968. The number of halogens is 2. The Hall–Kier alpha value is -1.21. The molecule has 1 amide bonds. The molecule has 4 nitrogen and oxygen atoms in total. The van der Waals surface area contributed by atoms with Crippen LogP contribution in [0.2, 0.25) is 5.02 Å². The van der Waals surface area contributed by atoms with Crippen LogP contribution in [0.4, 0.5) is 4.39 Å². The van der Waals surface area contributed by atoms with Crippen molar-refractivity contribution in [1.82, 2.24) is 4.90 Å². The van der Waals surface area contributed by atoms with Gasteiger partial charge < -0.3 is 14.4 Å². The minimum absolute atomic E-state index is 0.0932. The lowest BCUT2D eigenvalue weighted by Crippen LogP contribution is -2.43. The van der Waals surface area contributed by atoms with Crippen molar-refractivity contribution in [3.63, 3.8) is 0 Å². The van der Waals surface area contributed by atoms with Gasteiger partial charge in [-0.2, -0.15) is 0 Å². The minimum Gasteiger partial charge on any atom is -0.350 e. The van der Waals surface area contributed by atoms with Crippen LogP contribution in [0.25, 0.3) is 10.1 Å². The first-order valence-corrected chi connectivity index (χ1v) is 9.23. The van der Waals surface area contributed by atoms with Gasteiger partial charge in [-0.25, -0.2) is 4.39 Å². The fraction of sp³-hybridized carbons (Fsp3) is 0.471. The van der Waals surface area contributed by atoms with Crippen molar-refractivity contribution in [2.75, 3.05) is 26.3 Å². The zero-order valence-electron chi connectivity index (χ0n) is 13.0. The third-order valence-electron chi connectivity index (χ3n) is 4.56. The van der Waals surface area contributed by atoms with Gasteiger partial charge in [0.1, 0.15) is 10.7 Å². The van der Waals surface area contributed by atoms with Crippen molar-refractivity contribution in [2.45, 2.75) is 19.1 Å². The molecule has 0 aliphatic carbocycles. The molecule has 2 saturated heterocycles. The Bertz CT molecular complexity index is 775. The first kappa shape index (κ1) is 16.3. The Morgan fingerprint density at radius 1 is 1.33 bits per heavy atom. The van der Waals surface area contributed by atoms with E-state index in [0.29, 0.717) is 40.9 Å². The fourth-order valence-electron chi connectivity index (χ4n) is 3.39. The molecule has 2 aliphatic rings. The second kappa shape index (κ2) is 6.59. The van der Waals surface area contributed by atoms with Gasteiger partial charge in [0.25, 0.3) is 5.91 Å². The Kier molecular flexibility index (Phi) is 4.47. The van der Waals surface area contributed by atoms with Gasteiger partial charge in [-0.1, -0.05) is 11.6 Å². The molecule has 1 atom stereocenters. The Labute approximate surface area is 148 Å². The van der Waals surface area contributed by atoms with Crippen LogP contribution >= 0.6 is 22.9 Å². The number of ether oxygens (including phenoxy) is 2. The van der Waals surface area contributed by atoms with E-state index in [1.165, 1.54) is 23.5 Å². The maximum atomic E-state index is 13.4. The van der Waals surface area contributed by atoms with E-state index in [2.05, 4.69) is 0 Å². The van der Waals surface area contributed by atoms with Crippen LogP contribution in [-0.2, 0) is 9.47 Å². The molecule has 0 saturated carbocycles. The maximum absolute atomic E-state index is 13.4. The zero-order chi connectivity index (χ0) is 16.7. The number of rotatable bonds is 2. The van der Waals surface area contributed by atoms with Crippen molar-refractivity contribution in [3.05, 3.63) is 33.9 Å². The number of carbonyl (C=O) groups excluding carboxylic acids is 1. The lowest BCUT2D eigenvalue weighted by atomic mass is 9.97. The molecular formula is C17H17ClFNO3S. The molecule has 0 spiro atoms. The molecule has 24 heavy (non-hydrogen) atoms. The highest BCUT2D eigenvalue weighted by Gasteiger charge is 2.34. The molecule has 0 N–H and O–H groups in total. The molecule has 2 aromatic rings. The van der Waals surface area contributed by atoms with Crippen LogP contribution in [0.5, 0.6) is 0 Å². The van der Waals surface area contributed by atoms with E-state index in [1.807, 2.05) is 4.90 Å². The smallest absolute Gasteiger partial charge is 0.265 e. The monoisotopic (exact) mass is 369 g/mol. The summed E-state index contributed by atoms with van der Waals surface area (Å²) in [5.41, 5.74) is 0. The van der Waals surface area contributed by atoms with Crippen molar-refractivity contribution in [3.8, 4) is 0 Å². The predicted molar refractivity (Wildman–Crippen MR) is 91.1 cm³/mol. The van der Waals surface area contributed by atoms with Crippen LogP contribution in [-0.4, -0.2) is 43.4 Å². The molecule has 0 bridgehead atoms. The van der Waals surface area contributed by atoms with E-state index in [9.17, 15) is 9.18 Å². The number of benzene rings is 1. The third-order valence-corrected chi connectivity index (χ3v) is 6.21. The maximum Gasteiger partial charge on any atom is 0.265 e. The molecule has 2 fully saturated rings. The molecule has 1 aromatic carbocycles. The summed E-state index contributed by atoms with van der Waals surface area (Å²) in [6.07, 6.45) is 1.68. The summed E-state index contributed by atoms with van der Waals surface area (Å²) < 4.78 is 25.3. The summed E-state index contributed by atoms with van der Waals surface area (Å²) in [6, 6.07) is 4.41. The van der Waals surface area contributed by atoms with E-state index in [1.54, 1.807) is 6.07 Å². The molecule has 4 rings (SSSR count). The highest BCUT2D eigenvalue weighted by atomic mass is 35.5. The third kappa shape index (κ3) is 2.92. The SMILES string of the molecule is O=C(c1sc2cc(F)ccc2c1Cl)N1CCCC(C2OCCO2)C1. The second-order valence-electron chi connectivity index (χ2n) is 6.15. The molecule has 1 aromatic heterocycles. The van der Waals surface area contributed by atoms with E-state index in [4.69, 9.17) is 21.1 Å². The quantitative estimate of drug-likeness (QED) is 0.805. The average molecular weight is 370 g/mol. The molecule has 1 unspecified atom stereocenters. The standard InChI is InChI=1S/C17H17ClFNO3S/c18-14-12-4-3-11(19)8-13(12)24-15(14)16(21)20-5-1-2-10(9-20)17-22-6-7-23-17/h3-4,8,10,17H,1-2,5-7,9H2.